The third kappa shape index (κ3) is 4.31. The number of piperidine rings is 1. The van der Waals surface area contributed by atoms with Crippen molar-refractivity contribution in [2.24, 2.45) is 0 Å². The molecule has 7 heteroatoms. The second-order valence-corrected chi connectivity index (χ2v) is 7.09. The number of alkyl halides is 2. The third-order valence-corrected chi connectivity index (χ3v) is 4.80. The first-order valence-electron chi connectivity index (χ1n) is 9.20. The van der Waals surface area contributed by atoms with E-state index in [9.17, 15) is 13.6 Å². The molecule has 1 fully saturated rings. The summed E-state index contributed by atoms with van der Waals surface area (Å²) in [5.41, 5.74) is 2.76. The van der Waals surface area contributed by atoms with Gasteiger partial charge in [-0.2, -0.15) is 0 Å². The number of halogens is 2. The molecule has 0 bridgehead atoms. The van der Waals surface area contributed by atoms with Crippen LogP contribution in [-0.4, -0.2) is 38.9 Å². The maximum Gasteiger partial charge on any atom is 0.260 e. The van der Waals surface area contributed by atoms with E-state index >= 15 is 0 Å². The summed E-state index contributed by atoms with van der Waals surface area (Å²) in [4.78, 5) is 25.2. The van der Waals surface area contributed by atoms with Crippen LogP contribution < -0.4 is 5.56 Å². The van der Waals surface area contributed by atoms with Gasteiger partial charge in [-0.1, -0.05) is 18.2 Å². The van der Waals surface area contributed by atoms with Crippen LogP contribution in [0.3, 0.4) is 0 Å². The first-order valence-corrected chi connectivity index (χ1v) is 9.20. The van der Waals surface area contributed by atoms with Crippen molar-refractivity contribution >= 4 is 0 Å². The normalized spacial score (nSPS) is 16.8. The van der Waals surface area contributed by atoms with Gasteiger partial charge in [-0.3, -0.25) is 14.7 Å². The summed E-state index contributed by atoms with van der Waals surface area (Å²) < 4.78 is 27.3. The SMILES string of the molecule is O=c1cc(-c2ccncc2)nc(-c2cccc(CN3CCCC(F)(F)C3)c2)[nH]1. The summed E-state index contributed by atoms with van der Waals surface area (Å²) in [6.07, 6.45) is 3.74. The molecule has 1 aliphatic rings. The molecule has 4 rings (SSSR count). The molecule has 0 aliphatic carbocycles. The lowest BCUT2D eigenvalue weighted by Crippen LogP contribution is -2.41. The highest BCUT2D eigenvalue weighted by molar-refractivity contribution is 5.63. The van der Waals surface area contributed by atoms with Gasteiger partial charge in [0.1, 0.15) is 5.82 Å². The Morgan fingerprint density at radius 1 is 1.11 bits per heavy atom. The molecule has 0 atom stereocenters. The number of H-pyrrole nitrogens is 1. The van der Waals surface area contributed by atoms with Crippen molar-refractivity contribution in [3.63, 3.8) is 0 Å². The maximum absolute atomic E-state index is 13.7. The topological polar surface area (TPSA) is 61.9 Å². The minimum atomic E-state index is -2.62. The van der Waals surface area contributed by atoms with Gasteiger partial charge in [-0.05, 0) is 36.7 Å². The van der Waals surface area contributed by atoms with Crippen molar-refractivity contribution in [1.82, 2.24) is 19.9 Å². The van der Waals surface area contributed by atoms with Crippen molar-refractivity contribution in [3.05, 3.63) is 70.8 Å². The Morgan fingerprint density at radius 2 is 1.93 bits per heavy atom. The van der Waals surface area contributed by atoms with Crippen molar-refractivity contribution in [3.8, 4) is 22.6 Å². The van der Waals surface area contributed by atoms with Crippen molar-refractivity contribution in [2.45, 2.75) is 25.3 Å². The molecule has 5 nitrogen and oxygen atoms in total. The Labute approximate surface area is 161 Å². The second kappa shape index (κ2) is 7.59. The molecule has 1 saturated heterocycles. The van der Waals surface area contributed by atoms with Crippen LogP contribution in [0.2, 0.25) is 0 Å². The number of benzene rings is 1. The first kappa shape index (κ1) is 18.4. The molecule has 2 aromatic heterocycles. The van der Waals surface area contributed by atoms with E-state index < -0.39 is 5.92 Å². The molecule has 0 radical (unpaired) electrons. The van der Waals surface area contributed by atoms with Gasteiger partial charge in [-0.15, -0.1) is 0 Å². The van der Waals surface area contributed by atoms with Crippen molar-refractivity contribution < 1.29 is 8.78 Å². The van der Waals surface area contributed by atoms with Crippen LogP contribution >= 0.6 is 0 Å². The van der Waals surface area contributed by atoms with Gasteiger partial charge in [0, 0.05) is 42.6 Å². The molecule has 28 heavy (non-hydrogen) atoms. The smallest absolute Gasteiger partial charge is 0.260 e. The van der Waals surface area contributed by atoms with Gasteiger partial charge in [0.15, 0.2) is 0 Å². The Bertz CT molecular complexity index is 1020. The van der Waals surface area contributed by atoms with Gasteiger partial charge in [0.25, 0.3) is 11.5 Å². The van der Waals surface area contributed by atoms with Gasteiger partial charge < -0.3 is 4.98 Å². The zero-order valence-corrected chi connectivity index (χ0v) is 15.2. The zero-order valence-electron chi connectivity index (χ0n) is 15.2. The van der Waals surface area contributed by atoms with E-state index in [1.54, 1.807) is 29.4 Å². The number of nitrogens with zero attached hydrogens (tertiary/aromatic N) is 3. The molecule has 0 saturated carbocycles. The highest BCUT2D eigenvalue weighted by Gasteiger charge is 2.34. The third-order valence-electron chi connectivity index (χ3n) is 4.80. The first-order chi connectivity index (χ1) is 13.5. The fraction of sp³-hybridized carbons (Fsp3) is 0.286. The Morgan fingerprint density at radius 3 is 2.71 bits per heavy atom. The number of aromatic nitrogens is 3. The second-order valence-electron chi connectivity index (χ2n) is 7.09. The molecule has 1 aliphatic heterocycles. The number of aromatic amines is 1. The standard InChI is InChI=1S/C21H20F2N4O/c22-21(23)7-2-10-27(14-21)13-15-3-1-4-17(11-15)20-25-18(12-19(28)26-20)16-5-8-24-9-6-16/h1,3-6,8-9,11-12H,2,7,10,13-14H2,(H,25,26,28). The van der Waals surface area contributed by atoms with Crippen LogP contribution in [0, 0.1) is 0 Å². The van der Waals surface area contributed by atoms with Gasteiger partial charge in [-0.25, -0.2) is 13.8 Å². The summed E-state index contributed by atoms with van der Waals surface area (Å²) in [5, 5.41) is 0. The minimum absolute atomic E-state index is 0.0451. The van der Waals surface area contributed by atoms with Gasteiger partial charge in [0.2, 0.25) is 0 Å². The molecule has 144 valence electrons. The lowest BCUT2D eigenvalue weighted by molar-refractivity contribution is -0.0661. The lowest BCUT2D eigenvalue weighted by Gasteiger charge is -2.32. The largest absolute Gasteiger partial charge is 0.306 e. The summed E-state index contributed by atoms with van der Waals surface area (Å²) in [6.45, 7) is 0.883. The summed E-state index contributed by atoms with van der Waals surface area (Å²) in [7, 11) is 0. The van der Waals surface area contributed by atoms with Gasteiger partial charge in [0.05, 0.1) is 12.2 Å². The van der Waals surface area contributed by atoms with E-state index in [1.807, 2.05) is 24.3 Å². The molecule has 3 heterocycles. The van der Waals surface area contributed by atoms with E-state index in [-0.39, 0.29) is 18.5 Å². The highest BCUT2D eigenvalue weighted by atomic mass is 19.3. The molecule has 3 aromatic rings. The molecule has 0 spiro atoms. The number of hydrogen-bond acceptors (Lipinski definition) is 4. The molecule has 0 amide bonds. The van der Waals surface area contributed by atoms with E-state index in [0.29, 0.717) is 31.0 Å². The predicted molar refractivity (Wildman–Crippen MR) is 103 cm³/mol. The number of pyridine rings is 1. The van der Waals surface area contributed by atoms with E-state index in [4.69, 9.17) is 0 Å². The Hall–Kier alpha value is -2.93. The van der Waals surface area contributed by atoms with E-state index in [2.05, 4.69) is 15.0 Å². The van der Waals surface area contributed by atoms with Crippen LogP contribution in [0.15, 0.2) is 59.7 Å². The van der Waals surface area contributed by atoms with Crippen LogP contribution in [-0.2, 0) is 6.54 Å². The Balaban J connectivity index is 1.61. The van der Waals surface area contributed by atoms with Crippen LogP contribution in [0.25, 0.3) is 22.6 Å². The fourth-order valence-electron chi connectivity index (χ4n) is 3.52. The quantitative estimate of drug-likeness (QED) is 0.747. The van der Waals surface area contributed by atoms with E-state index in [0.717, 1.165) is 16.7 Å². The van der Waals surface area contributed by atoms with Crippen molar-refractivity contribution in [1.29, 1.82) is 0 Å². The molecule has 1 N–H and O–H groups in total. The predicted octanol–water partition coefficient (Wildman–Crippen LogP) is 3.73. The lowest BCUT2D eigenvalue weighted by atomic mass is 10.0. The zero-order chi connectivity index (χ0) is 19.6. The van der Waals surface area contributed by atoms with Crippen LogP contribution in [0.4, 0.5) is 8.78 Å². The van der Waals surface area contributed by atoms with Gasteiger partial charge >= 0.3 is 0 Å². The molecular formula is C21H20F2N4O. The monoisotopic (exact) mass is 382 g/mol. The fourth-order valence-corrected chi connectivity index (χ4v) is 3.52. The highest BCUT2D eigenvalue weighted by Crippen LogP contribution is 2.28. The van der Waals surface area contributed by atoms with Crippen LogP contribution in [0.1, 0.15) is 18.4 Å². The number of rotatable bonds is 4. The number of likely N-dealkylation sites (tertiary alicyclic amines) is 1. The Kier molecular flexibility index (Phi) is 5.00. The summed E-state index contributed by atoms with van der Waals surface area (Å²) in [6, 6.07) is 12.5. The van der Waals surface area contributed by atoms with Crippen LogP contribution in [0.5, 0.6) is 0 Å². The number of hydrogen-bond donors (Lipinski definition) is 1. The minimum Gasteiger partial charge on any atom is -0.306 e. The maximum atomic E-state index is 13.7. The van der Waals surface area contributed by atoms with Crippen molar-refractivity contribution in [2.75, 3.05) is 13.1 Å². The summed E-state index contributed by atoms with van der Waals surface area (Å²) in [5.74, 6) is -2.17. The molecule has 0 unspecified atom stereocenters. The number of nitrogens with one attached hydrogen (secondary N) is 1. The average Bonchev–Trinajstić information content (AvgIpc) is 2.68. The molecule has 1 aromatic carbocycles. The summed E-state index contributed by atoms with van der Waals surface area (Å²) >= 11 is 0. The van der Waals surface area contributed by atoms with E-state index in [1.165, 1.54) is 6.07 Å². The molecular weight excluding hydrogens is 362 g/mol. The average molecular weight is 382 g/mol.